The fraction of sp³-hybridized carbons (Fsp3) is 0.500. The van der Waals surface area contributed by atoms with Gasteiger partial charge in [-0.05, 0) is 19.2 Å². The van der Waals surface area contributed by atoms with Crippen LogP contribution in [-0.2, 0) is 4.74 Å². The zero-order chi connectivity index (χ0) is 15.3. The highest BCUT2D eigenvalue weighted by Gasteiger charge is 2.24. The molecule has 0 amide bonds. The highest BCUT2D eigenvalue weighted by atomic mass is 32.2. The molecule has 0 aromatic carbocycles. The standard InChI is InChI=1S/C12H17N3O4S/c1-8(7-20-4)14(2)11-10(15(17)18)6-5-9(13-11)12(16)19-3/h5-6,8H,7H2,1-4H3. The van der Waals surface area contributed by atoms with Crippen LogP contribution in [0.2, 0.25) is 0 Å². The average Bonchev–Trinajstić information content (AvgIpc) is 2.45. The summed E-state index contributed by atoms with van der Waals surface area (Å²) in [5, 5.41) is 11.1. The second kappa shape index (κ2) is 7.09. The van der Waals surface area contributed by atoms with Crippen LogP contribution in [0, 0.1) is 10.1 Å². The molecule has 0 aliphatic heterocycles. The maximum Gasteiger partial charge on any atom is 0.356 e. The molecule has 1 heterocycles. The molecule has 0 aliphatic rings. The van der Waals surface area contributed by atoms with E-state index in [9.17, 15) is 14.9 Å². The number of rotatable bonds is 6. The van der Waals surface area contributed by atoms with E-state index < -0.39 is 10.9 Å². The molecule has 1 unspecified atom stereocenters. The van der Waals surface area contributed by atoms with Gasteiger partial charge in [-0.1, -0.05) is 0 Å². The number of pyridine rings is 1. The Balaban J connectivity index is 3.24. The Morgan fingerprint density at radius 2 is 2.25 bits per heavy atom. The Kier molecular flexibility index (Phi) is 5.75. The number of esters is 1. The lowest BCUT2D eigenvalue weighted by molar-refractivity contribution is -0.384. The number of carbonyl (C=O) groups is 1. The van der Waals surface area contributed by atoms with Crippen LogP contribution in [0.5, 0.6) is 0 Å². The van der Waals surface area contributed by atoms with E-state index >= 15 is 0 Å². The van der Waals surface area contributed by atoms with Gasteiger partial charge in [-0.2, -0.15) is 11.8 Å². The number of anilines is 1. The van der Waals surface area contributed by atoms with Gasteiger partial charge in [-0.15, -0.1) is 0 Å². The van der Waals surface area contributed by atoms with E-state index in [2.05, 4.69) is 9.72 Å². The van der Waals surface area contributed by atoms with Crippen LogP contribution in [-0.4, -0.2) is 48.1 Å². The van der Waals surface area contributed by atoms with Crippen LogP contribution >= 0.6 is 11.8 Å². The molecule has 0 aliphatic carbocycles. The van der Waals surface area contributed by atoms with Crippen molar-refractivity contribution >= 4 is 29.2 Å². The van der Waals surface area contributed by atoms with E-state index in [1.54, 1.807) is 23.7 Å². The van der Waals surface area contributed by atoms with Crippen LogP contribution in [0.25, 0.3) is 0 Å². The SMILES string of the molecule is COC(=O)c1ccc([N+](=O)[O-])c(N(C)C(C)CSC)n1. The van der Waals surface area contributed by atoms with Gasteiger partial charge in [-0.25, -0.2) is 9.78 Å². The number of nitro groups is 1. The van der Waals surface area contributed by atoms with E-state index in [0.29, 0.717) is 0 Å². The Morgan fingerprint density at radius 3 is 2.75 bits per heavy atom. The summed E-state index contributed by atoms with van der Waals surface area (Å²) in [5.41, 5.74) is -0.0793. The maximum atomic E-state index is 11.5. The lowest BCUT2D eigenvalue weighted by Gasteiger charge is -2.25. The fourth-order valence-electron chi connectivity index (χ4n) is 1.62. The fourth-order valence-corrected chi connectivity index (χ4v) is 2.33. The van der Waals surface area contributed by atoms with Crippen molar-refractivity contribution in [1.29, 1.82) is 0 Å². The van der Waals surface area contributed by atoms with Crippen molar-refractivity contribution in [2.24, 2.45) is 0 Å². The lowest BCUT2D eigenvalue weighted by atomic mass is 10.2. The Morgan fingerprint density at radius 1 is 1.60 bits per heavy atom. The smallest absolute Gasteiger partial charge is 0.356 e. The summed E-state index contributed by atoms with van der Waals surface area (Å²) in [4.78, 5) is 27.8. The van der Waals surface area contributed by atoms with Gasteiger partial charge in [0.2, 0.25) is 5.82 Å². The van der Waals surface area contributed by atoms with Crippen LogP contribution in [0.1, 0.15) is 17.4 Å². The molecule has 0 N–H and O–H groups in total. The van der Waals surface area contributed by atoms with Crippen LogP contribution in [0.3, 0.4) is 0 Å². The van der Waals surface area contributed by atoms with Gasteiger partial charge in [0.05, 0.1) is 12.0 Å². The third kappa shape index (κ3) is 3.60. The van der Waals surface area contributed by atoms with Crippen molar-refractivity contribution in [2.45, 2.75) is 13.0 Å². The molecule has 0 bridgehead atoms. The third-order valence-electron chi connectivity index (χ3n) is 2.85. The summed E-state index contributed by atoms with van der Waals surface area (Å²) >= 11 is 1.63. The normalized spacial score (nSPS) is 11.8. The second-order valence-corrected chi connectivity index (χ2v) is 5.11. The molecule has 0 fully saturated rings. The molecule has 7 nitrogen and oxygen atoms in total. The van der Waals surface area contributed by atoms with Gasteiger partial charge in [0.15, 0.2) is 5.69 Å². The van der Waals surface area contributed by atoms with Gasteiger partial charge in [0, 0.05) is 24.9 Å². The van der Waals surface area contributed by atoms with Gasteiger partial charge >= 0.3 is 11.7 Å². The number of thioether (sulfide) groups is 1. The highest BCUT2D eigenvalue weighted by Crippen LogP contribution is 2.27. The summed E-state index contributed by atoms with van der Waals surface area (Å²) in [5.74, 6) is 0.337. The van der Waals surface area contributed by atoms with Crippen molar-refractivity contribution < 1.29 is 14.5 Å². The predicted molar refractivity (Wildman–Crippen MR) is 78.5 cm³/mol. The van der Waals surface area contributed by atoms with Crippen LogP contribution in [0.4, 0.5) is 11.5 Å². The Hall–Kier alpha value is -1.83. The van der Waals surface area contributed by atoms with Crippen molar-refractivity contribution in [3.05, 3.63) is 27.9 Å². The summed E-state index contributed by atoms with van der Waals surface area (Å²) in [6.45, 7) is 1.94. The molecule has 20 heavy (non-hydrogen) atoms. The predicted octanol–water partition coefficient (Wildman–Crippen LogP) is 1.96. The molecule has 8 heteroatoms. The lowest BCUT2D eigenvalue weighted by Crippen LogP contribution is -2.32. The Labute approximate surface area is 121 Å². The molecular weight excluding hydrogens is 282 g/mol. The van der Waals surface area contributed by atoms with E-state index in [1.165, 1.54) is 19.2 Å². The number of methoxy groups -OCH3 is 1. The van der Waals surface area contributed by atoms with Gasteiger partial charge < -0.3 is 9.64 Å². The van der Waals surface area contributed by atoms with Crippen LogP contribution in [0.15, 0.2) is 12.1 Å². The third-order valence-corrected chi connectivity index (χ3v) is 3.66. The molecule has 1 aromatic heterocycles. The van der Waals surface area contributed by atoms with E-state index in [4.69, 9.17) is 0 Å². The molecule has 1 atom stereocenters. The van der Waals surface area contributed by atoms with Crippen molar-refractivity contribution in [3.8, 4) is 0 Å². The molecule has 0 saturated carbocycles. The minimum Gasteiger partial charge on any atom is -0.464 e. The summed E-state index contributed by atoms with van der Waals surface area (Å²) in [6, 6.07) is 2.61. The number of ether oxygens (including phenoxy) is 1. The van der Waals surface area contributed by atoms with E-state index in [-0.39, 0.29) is 23.2 Å². The zero-order valence-corrected chi connectivity index (χ0v) is 12.6. The quantitative estimate of drug-likeness (QED) is 0.451. The molecule has 110 valence electrons. The van der Waals surface area contributed by atoms with Crippen LogP contribution < -0.4 is 4.90 Å². The molecular formula is C12H17N3O4S. The first-order valence-electron chi connectivity index (χ1n) is 5.87. The second-order valence-electron chi connectivity index (χ2n) is 4.20. The topological polar surface area (TPSA) is 85.6 Å². The minimum absolute atomic E-state index is 0.0455. The van der Waals surface area contributed by atoms with Gasteiger partial charge in [-0.3, -0.25) is 10.1 Å². The number of nitrogens with zero attached hydrogens (tertiary/aromatic N) is 3. The summed E-state index contributed by atoms with van der Waals surface area (Å²) in [7, 11) is 2.96. The summed E-state index contributed by atoms with van der Waals surface area (Å²) in [6.07, 6.45) is 1.96. The highest BCUT2D eigenvalue weighted by molar-refractivity contribution is 7.98. The number of hydrogen-bond donors (Lipinski definition) is 0. The first-order chi connectivity index (χ1) is 9.42. The minimum atomic E-state index is -0.618. The molecule has 1 rings (SSSR count). The first-order valence-corrected chi connectivity index (χ1v) is 7.27. The number of carbonyl (C=O) groups excluding carboxylic acids is 1. The molecule has 0 radical (unpaired) electrons. The number of aromatic nitrogens is 1. The van der Waals surface area contributed by atoms with Crippen molar-refractivity contribution in [3.63, 3.8) is 0 Å². The van der Waals surface area contributed by atoms with Gasteiger partial charge in [0.1, 0.15) is 0 Å². The van der Waals surface area contributed by atoms with Crippen molar-refractivity contribution in [2.75, 3.05) is 31.1 Å². The average molecular weight is 299 g/mol. The Bertz CT molecular complexity index is 509. The zero-order valence-electron chi connectivity index (χ0n) is 11.8. The van der Waals surface area contributed by atoms with E-state index in [1.807, 2.05) is 13.2 Å². The maximum absolute atomic E-state index is 11.5. The van der Waals surface area contributed by atoms with Gasteiger partial charge in [0.25, 0.3) is 0 Å². The number of hydrogen-bond acceptors (Lipinski definition) is 7. The van der Waals surface area contributed by atoms with Crippen molar-refractivity contribution in [1.82, 2.24) is 4.98 Å². The molecule has 0 spiro atoms. The molecule has 0 saturated heterocycles. The first kappa shape index (κ1) is 16.2. The monoisotopic (exact) mass is 299 g/mol. The largest absolute Gasteiger partial charge is 0.464 e. The summed E-state index contributed by atoms with van der Waals surface area (Å²) < 4.78 is 4.59. The van der Waals surface area contributed by atoms with E-state index in [0.717, 1.165) is 5.75 Å². The molecule has 1 aromatic rings.